The van der Waals surface area contributed by atoms with Crippen molar-refractivity contribution >= 4 is 45.6 Å². The summed E-state index contributed by atoms with van der Waals surface area (Å²) in [7, 11) is 3.90. The van der Waals surface area contributed by atoms with Gasteiger partial charge in [-0.05, 0) is 67.0 Å². The fourth-order valence-corrected chi connectivity index (χ4v) is 2.80. The number of hydrogen-bond donors (Lipinski definition) is 0. The van der Waals surface area contributed by atoms with Crippen molar-refractivity contribution in [3.05, 3.63) is 57.7 Å². The quantitative estimate of drug-likeness (QED) is 0.735. The highest BCUT2D eigenvalue weighted by atomic mass is 127. The Morgan fingerprint density at radius 1 is 1.09 bits per heavy atom. The molecule has 0 fully saturated rings. The fourth-order valence-electron chi connectivity index (χ4n) is 2.44. The van der Waals surface area contributed by atoms with E-state index in [1.807, 2.05) is 67.5 Å². The normalized spacial score (nSPS) is 15.7. The Balaban J connectivity index is 2.05. The van der Waals surface area contributed by atoms with Crippen LogP contribution in [0.25, 0.3) is 0 Å². The third-order valence-electron chi connectivity index (χ3n) is 3.39. The maximum Gasteiger partial charge on any atom is 0.278 e. The molecule has 4 nitrogen and oxygen atoms in total. The highest BCUT2D eigenvalue weighted by Crippen LogP contribution is 2.30. The zero-order valence-corrected chi connectivity index (χ0v) is 14.6. The second-order valence-electron chi connectivity index (χ2n) is 5.41. The minimum atomic E-state index is -0.0477. The van der Waals surface area contributed by atoms with Gasteiger partial charge in [-0.1, -0.05) is 18.2 Å². The van der Waals surface area contributed by atoms with Gasteiger partial charge in [-0.3, -0.25) is 14.6 Å². The molecule has 3 rings (SSSR count). The highest BCUT2D eigenvalue weighted by Gasteiger charge is 2.33. The van der Waals surface area contributed by atoms with Gasteiger partial charge in [0.05, 0.1) is 18.0 Å². The minimum Gasteiger partial charge on any atom is -0.293 e. The van der Waals surface area contributed by atoms with E-state index in [-0.39, 0.29) is 5.91 Å². The second-order valence-corrected chi connectivity index (χ2v) is 6.65. The van der Waals surface area contributed by atoms with Crippen molar-refractivity contribution in [2.24, 2.45) is 4.99 Å². The van der Waals surface area contributed by atoms with Gasteiger partial charge >= 0.3 is 0 Å². The molecule has 0 unspecified atom stereocenters. The molecular weight excluding hydrogens is 389 g/mol. The number of anilines is 1. The number of carbonyl (C=O) groups excluding carboxylic acids is 1. The molecule has 0 radical (unpaired) electrons. The first-order valence-corrected chi connectivity index (χ1v) is 8.04. The number of aliphatic imine (C=N–C) groups is 1. The lowest BCUT2D eigenvalue weighted by atomic mass is 10.1. The second kappa shape index (κ2) is 6.18. The summed E-state index contributed by atoms with van der Waals surface area (Å²) >= 11 is 2.25. The molecule has 1 amide bonds. The van der Waals surface area contributed by atoms with E-state index >= 15 is 0 Å². The molecule has 0 N–H and O–H groups in total. The summed E-state index contributed by atoms with van der Waals surface area (Å²) in [6.07, 6.45) is 0. The van der Waals surface area contributed by atoms with Gasteiger partial charge in [0.15, 0.2) is 0 Å². The molecule has 0 aromatic heterocycles. The van der Waals surface area contributed by atoms with Crippen LogP contribution in [-0.4, -0.2) is 37.3 Å². The fraction of sp³-hybridized carbons (Fsp3) is 0.176. The maximum atomic E-state index is 12.7. The largest absolute Gasteiger partial charge is 0.293 e. The molecule has 0 saturated carbocycles. The van der Waals surface area contributed by atoms with Crippen molar-refractivity contribution in [2.75, 3.05) is 25.7 Å². The number of halogens is 1. The number of fused-ring (bicyclic) bond motifs is 1. The van der Waals surface area contributed by atoms with Crippen LogP contribution in [0.1, 0.15) is 5.56 Å². The molecule has 1 aliphatic heterocycles. The summed E-state index contributed by atoms with van der Waals surface area (Å²) in [5.41, 5.74) is 3.13. The first-order chi connectivity index (χ1) is 10.6. The Kier molecular flexibility index (Phi) is 4.26. The monoisotopic (exact) mass is 405 g/mol. The van der Waals surface area contributed by atoms with Gasteiger partial charge in [0.1, 0.15) is 5.71 Å². The number of nitrogens with zero attached hydrogens (tertiary/aromatic N) is 3. The third kappa shape index (κ3) is 2.91. The van der Waals surface area contributed by atoms with Crippen LogP contribution in [0.4, 0.5) is 11.4 Å². The van der Waals surface area contributed by atoms with Crippen molar-refractivity contribution in [1.82, 2.24) is 4.90 Å². The Labute approximate surface area is 143 Å². The van der Waals surface area contributed by atoms with E-state index in [1.165, 1.54) is 0 Å². The molecule has 22 heavy (non-hydrogen) atoms. The number of amides is 1. The van der Waals surface area contributed by atoms with Crippen LogP contribution >= 0.6 is 22.6 Å². The summed E-state index contributed by atoms with van der Waals surface area (Å²) < 4.78 is 1.15. The molecule has 1 heterocycles. The summed E-state index contributed by atoms with van der Waals surface area (Å²) in [6, 6.07) is 15.6. The first-order valence-electron chi connectivity index (χ1n) is 6.96. The molecular formula is C17H16IN3O. The zero-order chi connectivity index (χ0) is 15.7. The van der Waals surface area contributed by atoms with Gasteiger partial charge in [-0.15, -0.1) is 0 Å². The summed E-state index contributed by atoms with van der Waals surface area (Å²) in [6.45, 7) is 0.543. The molecule has 112 valence electrons. The average Bonchev–Trinajstić information content (AvgIpc) is 2.75. The molecule has 2 aromatic carbocycles. The van der Waals surface area contributed by atoms with E-state index in [9.17, 15) is 4.79 Å². The van der Waals surface area contributed by atoms with E-state index in [2.05, 4.69) is 27.6 Å². The third-order valence-corrected chi connectivity index (χ3v) is 4.11. The Morgan fingerprint density at radius 3 is 2.45 bits per heavy atom. The van der Waals surface area contributed by atoms with Crippen LogP contribution in [0.15, 0.2) is 53.5 Å². The van der Waals surface area contributed by atoms with Gasteiger partial charge in [0.25, 0.3) is 5.91 Å². The highest BCUT2D eigenvalue weighted by molar-refractivity contribution is 14.1. The summed E-state index contributed by atoms with van der Waals surface area (Å²) in [4.78, 5) is 21.1. The summed E-state index contributed by atoms with van der Waals surface area (Å²) in [5, 5.41) is 0. The lowest BCUT2D eigenvalue weighted by Gasteiger charge is -2.21. The van der Waals surface area contributed by atoms with E-state index in [1.54, 1.807) is 4.90 Å². The summed E-state index contributed by atoms with van der Waals surface area (Å²) in [5.74, 6) is -0.0477. The van der Waals surface area contributed by atoms with E-state index in [4.69, 9.17) is 0 Å². The number of rotatable bonds is 3. The number of hydrogen-bond acceptors (Lipinski definition) is 3. The van der Waals surface area contributed by atoms with Gasteiger partial charge in [-0.25, -0.2) is 4.99 Å². The van der Waals surface area contributed by atoms with Gasteiger partial charge in [0, 0.05) is 9.13 Å². The van der Waals surface area contributed by atoms with Crippen molar-refractivity contribution in [3.8, 4) is 0 Å². The molecule has 0 saturated heterocycles. The standard InChI is InChI=1S/C17H16IN3O/c1-20(2)11-21-15-6-4-3-5-14(15)16(17(21)22)19-13-9-7-12(18)8-10-13/h3-10H,11H2,1-2H3. The number of carbonyl (C=O) groups is 1. The Hall–Kier alpha value is -1.73. The lowest BCUT2D eigenvalue weighted by Crippen LogP contribution is -2.37. The van der Waals surface area contributed by atoms with Crippen LogP contribution in [0.2, 0.25) is 0 Å². The van der Waals surface area contributed by atoms with Crippen LogP contribution in [0.3, 0.4) is 0 Å². The van der Waals surface area contributed by atoms with Crippen LogP contribution in [-0.2, 0) is 4.79 Å². The van der Waals surface area contributed by atoms with Gasteiger partial charge in [0.2, 0.25) is 0 Å². The molecule has 0 atom stereocenters. The van der Waals surface area contributed by atoms with Crippen molar-refractivity contribution < 1.29 is 4.79 Å². The van der Waals surface area contributed by atoms with Gasteiger partial charge < -0.3 is 0 Å². The van der Waals surface area contributed by atoms with Crippen molar-refractivity contribution in [2.45, 2.75) is 0 Å². The van der Waals surface area contributed by atoms with Crippen molar-refractivity contribution in [1.29, 1.82) is 0 Å². The zero-order valence-electron chi connectivity index (χ0n) is 12.5. The van der Waals surface area contributed by atoms with Crippen LogP contribution < -0.4 is 4.90 Å². The molecule has 0 bridgehead atoms. The number of para-hydroxylation sites is 1. The minimum absolute atomic E-state index is 0.0477. The molecule has 0 aliphatic carbocycles. The Morgan fingerprint density at radius 2 is 1.77 bits per heavy atom. The molecule has 5 heteroatoms. The molecule has 1 aliphatic rings. The first kappa shape index (κ1) is 15.2. The van der Waals surface area contributed by atoms with Crippen LogP contribution in [0, 0.1) is 3.57 Å². The number of benzene rings is 2. The molecule has 0 spiro atoms. The van der Waals surface area contributed by atoms with Gasteiger partial charge in [-0.2, -0.15) is 0 Å². The predicted molar refractivity (Wildman–Crippen MR) is 97.8 cm³/mol. The Bertz CT molecular complexity index is 738. The van der Waals surface area contributed by atoms with E-state index < -0.39 is 0 Å². The smallest absolute Gasteiger partial charge is 0.278 e. The maximum absolute atomic E-state index is 12.7. The molecule has 2 aromatic rings. The lowest BCUT2D eigenvalue weighted by molar-refractivity contribution is -0.112. The van der Waals surface area contributed by atoms with Crippen molar-refractivity contribution in [3.63, 3.8) is 0 Å². The van der Waals surface area contributed by atoms with Crippen LogP contribution in [0.5, 0.6) is 0 Å². The van der Waals surface area contributed by atoms with E-state index in [0.29, 0.717) is 12.4 Å². The SMILES string of the molecule is CN(C)CN1C(=O)C(=Nc2ccc(I)cc2)c2ccccc21. The van der Waals surface area contributed by atoms with E-state index in [0.717, 1.165) is 20.5 Å². The topological polar surface area (TPSA) is 35.9 Å². The average molecular weight is 405 g/mol. The predicted octanol–water partition coefficient (Wildman–Crippen LogP) is 3.28.